The highest BCUT2D eigenvalue weighted by Gasteiger charge is 2.50. The van der Waals surface area contributed by atoms with Gasteiger partial charge in [0.15, 0.2) is 12.2 Å². The van der Waals surface area contributed by atoms with Gasteiger partial charge in [-0.3, -0.25) is 0 Å². The first kappa shape index (κ1) is 15.6. The average Bonchev–Trinajstić information content (AvgIpc) is 3.01. The predicted octanol–water partition coefficient (Wildman–Crippen LogP) is 2.83. The predicted molar refractivity (Wildman–Crippen MR) is 88.7 cm³/mol. The molecule has 126 valence electrons. The van der Waals surface area contributed by atoms with Crippen LogP contribution in [-0.2, 0) is 19.0 Å². The highest BCUT2D eigenvalue weighted by atomic mass is 16.6. The van der Waals surface area contributed by atoms with Crippen molar-refractivity contribution in [2.24, 2.45) is 0 Å². The van der Waals surface area contributed by atoms with Gasteiger partial charge in [0.2, 0.25) is 0 Å². The number of carbonyl (C=O) groups excluding carboxylic acids is 2. The summed E-state index contributed by atoms with van der Waals surface area (Å²) in [5, 5.41) is 0. The summed E-state index contributed by atoms with van der Waals surface area (Å²) in [4.78, 5) is 24.1. The van der Waals surface area contributed by atoms with E-state index in [1.165, 1.54) is 6.08 Å². The van der Waals surface area contributed by atoms with E-state index in [1.54, 1.807) is 30.3 Å². The highest BCUT2D eigenvalue weighted by molar-refractivity contribution is 5.89. The van der Waals surface area contributed by atoms with Gasteiger partial charge in [-0.2, -0.15) is 0 Å². The van der Waals surface area contributed by atoms with Crippen LogP contribution in [-0.4, -0.2) is 30.3 Å². The van der Waals surface area contributed by atoms with E-state index in [4.69, 9.17) is 14.2 Å². The molecular formula is C20H16O5. The van der Waals surface area contributed by atoms with E-state index in [9.17, 15) is 9.59 Å². The van der Waals surface area contributed by atoms with Gasteiger partial charge < -0.3 is 14.2 Å². The van der Waals surface area contributed by atoms with E-state index in [1.807, 2.05) is 36.4 Å². The molecule has 1 saturated heterocycles. The van der Waals surface area contributed by atoms with Crippen LogP contribution in [0, 0.1) is 0 Å². The Hall–Kier alpha value is -2.92. The molecule has 0 radical (unpaired) electrons. The highest BCUT2D eigenvalue weighted by Crippen LogP contribution is 2.39. The molecule has 4 atom stereocenters. The molecule has 0 bridgehead atoms. The van der Waals surface area contributed by atoms with Crippen molar-refractivity contribution < 1.29 is 23.8 Å². The monoisotopic (exact) mass is 336 g/mol. The summed E-state index contributed by atoms with van der Waals surface area (Å²) >= 11 is 0. The Balaban J connectivity index is 1.64. The third-order valence-corrected chi connectivity index (χ3v) is 4.30. The molecular weight excluding hydrogens is 320 g/mol. The number of benzene rings is 2. The van der Waals surface area contributed by atoms with Gasteiger partial charge in [-0.1, -0.05) is 48.5 Å². The van der Waals surface area contributed by atoms with Crippen molar-refractivity contribution in [2.75, 3.05) is 0 Å². The van der Waals surface area contributed by atoms with Gasteiger partial charge in [-0.05, 0) is 23.8 Å². The molecule has 0 aliphatic carbocycles. The molecule has 0 unspecified atom stereocenters. The summed E-state index contributed by atoms with van der Waals surface area (Å²) < 4.78 is 17.1. The van der Waals surface area contributed by atoms with Gasteiger partial charge in [0.1, 0.15) is 12.2 Å². The van der Waals surface area contributed by atoms with Crippen LogP contribution < -0.4 is 0 Å². The molecule has 5 nitrogen and oxygen atoms in total. The summed E-state index contributed by atoms with van der Waals surface area (Å²) in [5.74, 6) is -0.930. The van der Waals surface area contributed by atoms with Crippen molar-refractivity contribution in [2.45, 2.75) is 24.4 Å². The molecule has 0 aromatic heterocycles. The van der Waals surface area contributed by atoms with E-state index >= 15 is 0 Å². The van der Waals surface area contributed by atoms with Crippen molar-refractivity contribution in [3.8, 4) is 0 Å². The lowest BCUT2D eigenvalue weighted by molar-refractivity contribution is -0.150. The largest absolute Gasteiger partial charge is 0.452 e. The van der Waals surface area contributed by atoms with Crippen molar-refractivity contribution in [3.05, 3.63) is 83.9 Å². The molecule has 2 aliphatic heterocycles. The van der Waals surface area contributed by atoms with Crippen LogP contribution in [0.2, 0.25) is 0 Å². The first-order valence-corrected chi connectivity index (χ1v) is 8.07. The number of ether oxygens (including phenoxy) is 3. The van der Waals surface area contributed by atoms with Gasteiger partial charge >= 0.3 is 11.9 Å². The van der Waals surface area contributed by atoms with E-state index in [0.717, 1.165) is 5.56 Å². The van der Waals surface area contributed by atoms with Gasteiger partial charge in [-0.15, -0.1) is 0 Å². The van der Waals surface area contributed by atoms with E-state index in [0.29, 0.717) is 5.56 Å². The van der Waals surface area contributed by atoms with Crippen LogP contribution in [0.25, 0.3) is 0 Å². The summed E-state index contributed by atoms with van der Waals surface area (Å²) in [6.45, 7) is 0. The molecule has 25 heavy (non-hydrogen) atoms. The number of hydrogen-bond acceptors (Lipinski definition) is 5. The SMILES string of the molecule is O=C1C=C[C@@H]2O[C@@H](c3ccccc3)[C@H](OC(=O)c3ccccc3)[C@@H]2O1. The molecule has 4 rings (SSSR count). The number of fused-ring (bicyclic) bond motifs is 1. The Morgan fingerprint density at radius 1 is 0.960 bits per heavy atom. The number of hydrogen-bond donors (Lipinski definition) is 0. The maximum atomic E-state index is 12.5. The van der Waals surface area contributed by atoms with Gasteiger partial charge in [0.05, 0.1) is 5.56 Å². The smallest absolute Gasteiger partial charge is 0.338 e. The summed E-state index contributed by atoms with van der Waals surface area (Å²) in [6, 6.07) is 18.2. The van der Waals surface area contributed by atoms with Crippen molar-refractivity contribution in [3.63, 3.8) is 0 Å². The first-order chi connectivity index (χ1) is 12.2. The van der Waals surface area contributed by atoms with Crippen LogP contribution in [0.1, 0.15) is 22.0 Å². The third kappa shape index (κ3) is 3.06. The number of carbonyl (C=O) groups is 2. The molecule has 2 aromatic rings. The Kier molecular flexibility index (Phi) is 4.07. The average molecular weight is 336 g/mol. The van der Waals surface area contributed by atoms with E-state index in [-0.39, 0.29) is 0 Å². The quantitative estimate of drug-likeness (QED) is 0.807. The van der Waals surface area contributed by atoms with Gasteiger partial charge in [-0.25, -0.2) is 9.59 Å². The fourth-order valence-electron chi connectivity index (χ4n) is 3.12. The second-order valence-electron chi connectivity index (χ2n) is 5.93. The second-order valence-corrected chi connectivity index (χ2v) is 5.93. The molecule has 0 saturated carbocycles. The van der Waals surface area contributed by atoms with Gasteiger partial charge in [0, 0.05) is 6.08 Å². The minimum Gasteiger partial charge on any atom is -0.452 e. The molecule has 0 spiro atoms. The topological polar surface area (TPSA) is 61.8 Å². The normalized spacial score (nSPS) is 27.4. The Bertz CT molecular complexity index is 799. The van der Waals surface area contributed by atoms with Crippen LogP contribution in [0.3, 0.4) is 0 Å². The van der Waals surface area contributed by atoms with Crippen LogP contribution in [0.5, 0.6) is 0 Å². The molecule has 2 aliphatic rings. The fourth-order valence-corrected chi connectivity index (χ4v) is 3.12. The maximum absolute atomic E-state index is 12.5. The van der Waals surface area contributed by atoms with Crippen molar-refractivity contribution in [1.29, 1.82) is 0 Å². The maximum Gasteiger partial charge on any atom is 0.338 e. The van der Waals surface area contributed by atoms with Crippen molar-refractivity contribution >= 4 is 11.9 Å². The number of rotatable bonds is 3. The number of esters is 2. The zero-order chi connectivity index (χ0) is 17.2. The lowest BCUT2D eigenvalue weighted by Gasteiger charge is -2.25. The Morgan fingerprint density at radius 2 is 1.64 bits per heavy atom. The van der Waals surface area contributed by atoms with Crippen molar-refractivity contribution in [1.82, 2.24) is 0 Å². The van der Waals surface area contributed by atoms with E-state index < -0.39 is 36.4 Å². The summed E-state index contributed by atoms with van der Waals surface area (Å²) in [7, 11) is 0. The fraction of sp³-hybridized carbons (Fsp3) is 0.200. The minimum atomic E-state index is -0.714. The first-order valence-electron chi connectivity index (χ1n) is 8.07. The van der Waals surface area contributed by atoms with Gasteiger partial charge in [0.25, 0.3) is 0 Å². The Labute approximate surface area is 144 Å². The van der Waals surface area contributed by atoms with Crippen LogP contribution in [0.4, 0.5) is 0 Å². The summed E-state index contributed by atoms with van der Waals surface area (Å²) in [5.41, 5.74) is 1.31. The zero-order valence-electron chi connectivity index (χ0n) is 13.3. The van der Waals surface area contributed by atoms with Crippen LogP contribution >= 0.6 is 0 Å². The Morgan fingerprint density at radius 3 is 2.36 bits per heavy atom. The molecule has 0 amide bonds. The molecule has 2 aromatic carbocycles. The molecule has 0 N–H and O–H groups in total. The second kappa shape index (κ2) is 6.53. The lowest BCUT2D eigenvalue weighted by Crippen LogP contribution is -2.39. The molecule has 2 heterocycles. The molecule has 1 fully saturated rings. The summed E-state index contributed by atoms with van der Waals surface area (Å²) in [6.07, 6.45) is 0.688. The standard InChI is InChI=1S/C20H16O5/c21-16-12-11-15-18(24-16)19(17(23-15)13-7-3-1-4-8-13)25-20(22)14-9-5-2-6-10-14/h1-12,15,17-19H/t15-,17-,18+,19-/m0/s1. The zero-order valence-corrected chi connectivity index (χ0v) is 13.3. The molecule has 5 heteroatoms. The van der Waals surface area contributed by atoms with E-state index in [2.05, 4.69) is 0 Å². The lowest BCUT2D eigenvalue weighted by atomic mass is 10.00. The third-order valence-electron chi connectivity index (χ3n) is 4.30. The minimum absolute atomic E-state index is 0.434. The van der Waals surface area contributed by atoms with Crippen LogP contribution in [0.15, 0.2) is 72.8 Å².